The number of morpholine rings is 1. The number of benzene rings is 1. The van der Waals surface area contributed by atoms with Gasteiger partial charge < -0.3 is 20.1 Å². The standard InChI is InChI=1S/C14H18N2O3S/c1-10-8-16(6-7-18-10)13(17)9-19-12-4-2-11(3-5-12)14(15)20/h2-5,10H,6-9H2,1H3,(H2,15,20). The van der Waals surface area contributed by atoms with Crippen LogP contribution in [0.4, 0.5) is 0 Å². The molecule has 0 aromatic heterocycles. The lowest BCUT2D eigenvalue weighted by Gasteiger charge is -2.31. The highest BCUT2D eigenvalue weighted by Crippen LogP contribution is 2.13. The highest BCUT2D eigenvalue weighted by atomic mass is 32.1. The van der Waals surface area contributed by atoms with Crippen LogP contribution in [0.25, 0.3) is 0 Å². The van der Waals surface area contributed by atoms with Gasteiger partial charge in [-0.1, -0.05) is 12.2 Å². The Morgan fingerprint density at radius 1 is 1.50 bits per heavy atom. The van der Waals surface area contributed by atoms with E-state index in [0.717, 1.165) is 5.56 Å². The van der Waals surface area contributed by atoms with Crippen molar-refractivity contribution in [2.24, 2.45) is 5.73 Å². The van der Waals surface area contributed by atoms with Crippen LogP contribution in [-0.4, -0.2) is 48.2 Å². The zero-order chi connectivity index (χ0) is 14.5. The van der Waals surface area contributed by atoms with E-state index in [1.807, 2.05) is 6.92 Å². The number of carbonyl (C=O) groups excluding carboxylic acids is 1. The van der Waals surface area contributed by atoms with Gasteiger partial charge >= 0.3 is 0 Å². The van der Waals surface area contributed by atoms with Crippen molar-refractivity contribution in [3.05, 3.63) is 29.8 Å². The highest BCUT2D eigenvalue weighted by Gasteiger charge is 2.21. The van der Waals surface area contributed by atoms with E-state index in [1.54, 1.807) is 29.2 Å². The average Bonchev–Trinajstić information content (AvgIpc) is 2.45. The molecule has 0 saturated carbocycles. The molecule has 6 heteroatoms. The minimum atomic E-state index is -0.0291. The smallest absolute Gasteiger partial charge is 0.260 e. The summed E-state index contributed by atoms with van der Waals surface area (Å²) in [4.78, 5) is 14.1. The first-order valence-electron chi connectivity index (χ1n) is 6.48. The van der Waals surface area contributed by atoms with E-state index in [-0.39, 0.29) is 18.6 Å². The van der Waals surface area contributed by atoms with Crippen molar-refractivity contribution < 1.29 is 14.3 Å². The fourth-order valence-electron chi connectivity index (χ4n) is 2.00. The van der Waals surface area contributed by atoms with Gasteiger partial charge in [0.15, 0.2) is 6.61 Å². The van der Waals surface area contributed by atoms with Crippen molar-refractivity contribution in [1.29, 1.82) is 0 Å². The normalized spacial score (nSPS) is 18.6. The molecule has 108 valence electrons. The van der Waals surface area contributed by atoms with Crippen LogP contribution in [0, 0.1) is 0 Å². The van der Waals surface area contributed by atoms with Crippen LogP contribution in [0.15, 0.2) is 24.3 Å². The molecule has 1 heterocycles. The molecule has 0 aliphatic carbocycles. The second-order valence-electron chi connectivity index (χ2n) is 4.70. The summed E-state index contributed by atoms with van der Waals surface area (Å²) < 4.78 is 10.9. The second kappa shape index (κ2) is 6.67. The Balaban J connectivity index is 1.85. The Labute approximate surface area is 123 Å². The Morgan fingerprint density at radius 3 is 2.80 bits per heavy atom. The zero-order valence-corrected chi connectivity index (χ0v) is 12.2. The summed E-state index contributed by atoms with van der Waals surface area (Å²) in [6.45, 7) is 3.79. The topological polar surface area (TPSA) is 64.8 Å². The molecular formula is C14H18N2O3S. The first kappa shape index (κ1) is 14.7. The van der Waals surface area contributed by atoms with Crippen LogP contribution in [0.2, 0.25) is 0 Å². The molecule has 1 aromatic carbocycles. The third kappa shape index (κ3) is 3.91. The van der Waals surface area contributed by atoms with Crippen LogP contribution in [0.3, 0.4) is 0 Å². The first-order valence-corrected chi connectivity index (χ1v) is 6.89. The average molecular weight is 294 g/mol. The maximum atomic E-state index is 12.0. The SMILES string of the molecule is CC1CN(C(=O)COc2ccc(C(N)=S)cc2)CCO1. The molecule has 2 N–H and O–H groups in total. The minimum Gasteiger partial charge on any atom is -0.484 e. The summed E-state index contributed by atoms with van der Waals surface area (Å²) in [7, 11) is 0. The van der Waals surface area contributed by atoms with E-state index >= 15 is 0 Å². The van der Waals surface area contributed by atoms with Crippen LogP contribution < -0.4 is 10.5 Å². The molecule has 5 nitrogen and oxygen atoms in total. The van der Waals surface area contributed by atoms with Gasteiger partial charge in [-0.3, -0.25) is 4.79 Å². The zero-order valence-electron chi connectivity index (χ0n) is 11.4. The Morgan fingerprint density at radius 2 is 2.20 bits per heavy atom. The summed E-state index contributed by atoms with van der Waals surface area (Å²) in [5.74, 6) is 0.596. The Kier molecular flexibility index (Phi) is 4.92. The van der Waals surface area contributed by atoms with Gasteiger partial charge in [-0.25, -0.2) is 0 Å². The van der Waals surface area contributed by atoms with Gasteiger partial charge in [-0.15, -0.1) is 0 Å². The van der Waals surface area contributed by atoms with Crippen molar-refractivity contribution in [3.63, 3.8) is 0 Å². The number of rotatable bonds is 4. The molecule has 1 atom stereocenters. The van der Waals surface area contributed by atoms with Crippen LogP contribution in [-0.2, 0) is 9.53 Å². The van der Waals surface area contributed by atoms with Gasteiger partial charge in [0.25, 0.3) is 5.91 Å². The van der Waals surface area contributed by atoms with Crippen molar-refractivity contribution in [2.45, 2.75) is 13.0 Å². The number of amides is 1. The van der Waals surface area contributed by atoms with Crippen LogP contribution >= 0.6 is 12.2 Å². The second-order valence-corrected chi connectivity index (χ2v) is 5.14. The van der Waals surface area contributed by atoms with E-state index in [1.165, 1.54) is 0 Å². The summed E-state index contributed by atoms with van der Waals surface area (Å²) in [5, 5.41) is 0. The van der Waals surface area contributed by atoms with E-state index < -0.39 is 0 Å². The van der Waals surface area contributed by atoms with Crippen molar-refractivity contribution in [2.75, 3.05) is 26.3 Å². The molecule has 0 radical (unpaired) electrons. The van der Waals surface area contributed by atoms with E-state index in [2.05, 4.69) is 0 Å². The number of thiocarbonyl (C=S) groups is 1. The van der Waals surface area contributed by atoms with Crippen molar-refractivity contribution in [1.82, 2.24) is 4.90 Å². The van der Waals surface area contributed by atoms with Gasteiger partial charge in [-0.05, 0) is 31.2 Å². The highest BCUT2D eigenvalue weighted by molar-refractivity contribution is 7.80. The van der Waals surface area contributed by atoms with E-state index in [9.17, 15) is 4.79 Å². The van der Waals surface area contributed by atoms with Gasteiger partial charge in [0.05, 0.1) is 12.7 Å². The first-order chi connectivity index (χ1) is 9.56. The number of nitrogens with zero attached hydrogens (tertiary/aromatic N) is 1. The predicted octanol–water partition coefficient (Wildman–Crippen LogP) is 0.947. The lowest BCUT2D eigenvalue weighted by atomic mass is 10.2. The lowest BCUT2D eigenvalue weighted by molar-refractivity contribution is -0.140. The third-order valence-corrected chi connectivity index (χ3v) is 3.33. The quantitative estimate of drug-likeness (QED) is 0.838. The number of hydrogen-bond acceptors (Lipinski definition) is 4. The van der Waals surface area contributed by atoms with Gasteiger partial charge in [0, 0.05) is 18.7 Å². The fourth-order valence-corrected chi connectivity index (χ4v) is 2.13. The molecule has 1 aromatic rings. The third-order valence-electron chi connectivity index (χ3n) is 3.09. The minimum absolute atomic E-state index is 0.0269. The number of hydrogen-bond donors (Lipinski definition) is 1. The summed E-state index contributed by atoms with van der Waals surface area (Å²) >= 11 is 4.87. The molecule has 1 aliphatic rings. The van der Waals surface area contributed by atoms with Crippen LogP contribution in [0.1, 0.15) is 12.5 Å². The van der Waals surface area contributed by atoms with Gasteiger partial charge in [-0.2, -0.15) is 0 Å². The fraction of sp³-hybridized carbons (Fsp3) is 0.429. The largest absolute Gasteiger partial charge is 0.484 e. The Bertz CT molecular complexity index is 490. The van der Waals surface area contributed by atoms with E-state index in [0.29, 0.717) is 30.4 Å². The molecule has 20 heavy (non-hydrogen) atoms. The Hall–Kier alpha value is -1.66. The van der Waals surface area contributed by atoms with Crippen molar-refractivity contribution in [3.8, 4) is 5.75 Å². The summed E-state index contributed by atoms with van der Waals surface area (Å²) in [6, 6.07) is 7.06. The van der Waals surface area contributed by atoms with Crippen LogP contribution in [0.5, 0.6) is 5.75 Å². The number of carbonyl (C=O) groups is 1. The molecular weight excluding hydrogens is 276 g/mol. The van der Waals surface area contributed by atoms with E-state index in [4.69, 9.17) is 27.4 Å². The predicted molar refractivity (Wildman–Crippen MR) is 79.8 cm³/mol. The molecule has 1 fully saturated rings. The molecule has 0 bridgehead atoms. The van der Waals surface area contributed by atoms with Gasteiger partial charge in [0.1, 0.15) is 10.7 Å². The maximum absolute atomic E-state index is 12.0. The molecule has 1 unspecified atom stereocenters. The monoisotopic (exact) mass is 294 g/mol. The van der Waals surface area contributed by atoms with Crippen molar-refractivity contribution >= 4 is 23.1 Å². The van der Waals surface area contributed by atoms with Gasteiger partial charge in [0.2, 0.25) is 0 Å². The summed E-state index contributed by atoms with van der Waals surface area (Å²) in [5.41, 5.74) is 6.29. The molecule has 0 spiro atoms. The molecule has 2 rings (SSSR count). The molecule has 1 saturated heterocycles. The molecule has 1 amide bonds. The lowest BCUT2D eigenvalue weighted by Crippen LogP contribution is -2.46. The number of nitrogens with two attached hydrogens (primary N) is 1. The maximum Gasteiger partial charge on any atom is 0.260 e. The molecule has 1 aliphatic heterocycles. The number of ether oxygens (including phenoxy) is 2. The summed E-state index contributed by atoms with van der Waals surface area (Å²) in [6.07, 6.45) is 0.0811.